The van der Waals surface area contributed by atoms with Crippen molar-refractivity contribution in [2.75, 3.05) is 0 Å². The lowest BCUT2D eigenvalue weighted by molar-refractivity contribution is 0.103. The van der Waals surface area contributed by atoms with E-state index in [1.807, 2.05) is 12.1 Å². The summed E-state index contributed by atoms with van der Waals surface area (Å²) in [6.45, 7) is 6.24. The highest BCUT2D eigenvalue weighted by Gasteiger charge is 2.22. The maximum atomic E-state index is 13.0. The van der Waals surface area contributed by atoms with Gasteiger partial charge in [-0.3, -0.25) is 9.78 Å². The number of carbonyl (C=O) groups excluding carboxylic acids is 1. The van der Waals surface area contributed by atoms with Crippen LogP contribution >= 0.6 is 15.9 Å². The Bertz CT molecular complexity index is 1130. The topological polar surface area (TPSA) is 64.1 Å². The summed E-state index contributed by atoms with van der Waals surface area (Å²) >= 11 is 3.37. The van der Waals surface area contributed by atoms with E-state index in [2.05, 4.69) is 41.7 Å². The molecule has 6 heteroatoms. The van der Waals surface area contributed by atoms with Crippen molar-refractivity contribution in [3.8, 4) is 0 Å². The number of rotatable bonds is 5. The molecule has 0 saturated heterocycles. The molecule has 0 atom stereocenters. The van der Waals surface area contributed by atoms with Gasteiger partial charge in [-0.05, 0) is 52.9 Å². The minimum Gasteiger partial charge on any atom is -0.289 e. The Balaban J connectivity index is 1.96. The first-order valence-corrected chi connectivity index (χ1v) is 11.6. The van der Waals surface area contributed by atoms with Crippen molar-refractivity contribution in [1.29, 1.82) is 0 Å². The van der Waals surface area contributed by atoms with E-state index in [1.165, 1.54) is 0 Å². The fraction of sp³-hybridized carbons (Fsp3) is 0.217. The first-order chi connectivity index (χ1) is 13.6. The number of nitrogens with zero attached hydrogens (tertiary/aromatic N) is 1. The second-order valence-corrected chi connectivity index (χ2v) is 10.8. The number of aromatic nitrogens is 1. The maximum Gasteiger partial charge on any atom is 0.193 e. The molecular formula is C23H22BrNO3S. The molecule has 0 saturated carbocycles. The quantitative estimate of drug-likeness (QED) is 0.470. The highest BCUT2D eigenvalue weighted by molar-refractivity contribution is 9.10. The molecule has 0 aliphatic carbocycles. The number of sulfone groups is 1. The molecule has 0 bridgehead atoms. The van der Waals surface area contributed by atoms with Gasteiger partial charge >= 0.3 is 0 Å². The molecule has 4 nitrogen and oxygen atoms in total. The highest BCUT2D eigenvalue weighted by atomic mass is 79.9. The average Bonchev–Trinajstić information content (AvgIpc) is 2.69. The van der Waals surface area contributed by atoms with Gasteiger partial charge in [0.25, 0.3) is 0 Å². The molecule has 3 aromatic rings. The molecule has 0 spiro atoms. The molecule has 150 valence electrons. The number of pyridine rings is 1. The number of halogens is 1. The van der Waals surface area contributed by atoms with Gasteiger partial charge in [-0.15, -0.1) is 0 Å². The van der Waals surface area contributed by atoms with Crippen molar-refractivity contribution in [3.63, 3.8) is 0 Å². The minimum atomic E-state index is -3.61. The van der Waals surface area contributed by atoms with Gasteiger partial charge in [0.1, 0.15) is 0 Å². The zero-order valence-corrected chi connectivity index (χ0v) is 18.9. The highest BCUT2D eigenvalue weighted by Crippen LogP contribution is 2.27. The van der Waals surface area contributed by atoms with Gasteiger partial charge in [0.2, 0.25) is 0 Å². The molecule has 0 radical (unpaired) electrons. The predicted octanol–water partition coefficient (Wildman–Crippen LogP) is 5.35. The second kappa shape index (κ2) is 8.20. The van der Waals surface area contributed by atoms with Crippen LogP contribution in [0.2, 0.25) is 0 Å². The molecule has 0 fully saturated rings. The van der Waals surface area contributed by atoms with Crippen LogP contribution in [0, 0.1) is 0 Å². The predicted molar refractivity (Wildman–Crippen MR) is 118 cm³/mol. The number of benzene rings is 2. The van der Waals surface area contributed by atoms with E-state index >= 15 is 0 Å². The standard InChI is InChI=1S/C23H22BrNO3S/c1-23(2,3)18-5-8-20(9-6-18)29(27,28)15-17-4-7-19(24)14-21(17)22(26)16-10-12-25-13-11-16/h4-14H,15H2,1-3H3. The number of hydrogen-bond donors (Lipinski definition) is 0. The molecule has 1 aromatic heterocycles. The van der Waals surface area contributed by atoms with Gasteiger partial charge in [0, 0.05) is 28.0 Å². The summed E-state index contributed by atoms with van der Waals surface area (Å²) in [4.78, 5) is 17.1. The molecule has 1 heterocycles. The summed E-state index contributed by atoms with van der Waals surface area (Å²) in [5, 5.41) is 0. The van der Waals surface area contributed by atoms with Gasteiger partial charge in [0.15, 0.2) is 15.6 Å². The third kappa shape index (κ3) is 5.00. The van der Waals surface area contributed by atoms with Crippen molar-refractivity contribution >= 4 is 31.6 Å². The van der Waals surface area contributed by atoms with Crippen molar-refractivity contribution < 1.29 is 13.2 Å². The van der Waals surface area contributed by atoms with E-state index in [0.717, 1.165) is 5.56 Å². The summed E-state index contributed by atoms with van der Waals surface area (Å²) in [6.07, 6.45) is 3.08. The Morgan fingerprint density at radius 2 is 1.59 bits per heavy atom. The van der Waals surface area contributed by atoms with Crippen LogP contribution in [0.5, 0.6) is 0 Å². The van der Waals surface area contributed by atoms with E-state index < -0.39 is 9.84 Å². The van der Waals surface area contributed by atoms with Crippen LogP contribution < -0.4 is 0 Å². The smallest absolute Gasteiger partial charge is 0.193 e. The van der Waals surface area contributed by atoms with Crippen molar-refractivity contribution in [2.24, 2.45) is 0 Å². The molecule has 2 aromatic carbocycles. The summed E-state index contributed by atoms with van der Waals surface area (Å²) in [5.74, 6) is -0.483. The summed E-state index contributed by atoms with van der Waals surface area (Å²) < 4.78 is 26.8. The fourth-order valence-corrected chi connectivity index (χ4v) is 4.73. The lowest BCUT2D eigenvalue weighted by Gasteiger charge is -2.19. The van der Waals surface area contributed by atoms with Crippen LogP contribution in [0.15, 0.2) is 76.4 Å². The minimum absolute atomic E-state index is 0.0574. The zero-order chi connectivity index (χ0) is 21.2. The van der Waals surface area contributed by atoms with Crippen molar-refractivity contribution in [1.82, 2.24) is 4.98 Å². The normalized spacial score (nSPS) is 12.0. The number of ketones is 1. The average molecular weight is 472 g/mol. The van der Waals surface area contributed by atoms with Gasteiger partial charge < -0.3 is 0 Å². The summed E-state index contributed by atoms with van der Waals surface area (Å²) in [6, 6.07) is 15.3. The monoisotopic (exact) mass is 471 g/mol. The zero-order valence-electron chi connectivity index (χ0n) is 16.5. The van der Waals surface area contributed by atoms with E-state index in [-0.39, 0.29) is 21.8 Å². The van der Waals surface area contributed by atoms with Crippen LogP contribution in [-0.2, 0) is 21.0 Å². The van der Waals surface area contributed by atoms with E-state index in [9.17, 15) is 13.2 Å². The van der Waals surface area contributed by atoms with Crippen LogP contribution in [0.1, 0.15) is 47.8 Å². The Morgan fingerprint density at radius 1 is 0.966 bits per heavy atom. The number of carbonyl (C=O) groups is 1. The third-order valence-electron chi connectivity index (χ3n) is 4.68. The third-order valence-corrected chi connectivity index (χ3v) is 6.86. The van der Waals surface area contributed by atoms with E-state index in [0.29, 0.717) is 21.2 Å². The van der Waals surface area contributed by atoms with Crippen LogP contribution in [0.3, 0.4) is 0 Å². The maximum absolute atomic E-state index is 13.0. The first kappa shape index (κ1) is 21.4. The Kier molecular flexibility index (Phi) is 6.05. The van der Waals surface area contributed by atoms with Gasteiger partial charge in [0.05, 0.1) is 10.6 Å². The molecule has 0 N–H and O–H groups in total. The molecular weight excluding hydrogens is 450 g/mol. The molecule has 0 amide bonds. The molecule has 0 aliphatic heterocycles. The van der Waals surface area contributed by atoms with Crippen LogP contribution in [0.4, 0.5) is 0 Å². The van der Waals surface area contributed by atoms with Gasteiger partial charge in [-0.1, -0.05) is 54.9 Å². The lowest BCUT2D eigenvalue weighted by atomic mass is 9.87. The second-order valence-electron chi connectivity index (χ2n) is 7.90. The van der Waals surface area contributed by atoms with E-state index in [1.54, 1.807) is 54.9 Å². The van der Waals surface area contributed by atoms with Crippen molar-refractivity contribution in [3.05, 3.63) is 93.7 Å². The molecule has 29 heavy (non-hydrogen) atoms. The van der Waals surface area contributed by atoms with Gasteiger partial charge in [-0.25, -0.2) is 8.42 Å². The fourth-order valence-electron chi connectivity index (χ4n) is 3.00. The van der Waals surface area contributed by atoms with Crippen molar-refractivity contribution in [2.45, 2.75) is 36.8 Å². The first-order valence-electron chi connectivity index (χ1n) is 9.14. The summed E-state index contributed by atoms with van der Waals surface area (Å²) in [7, 11) is -3.61. The van der Waals surface area contributed by atoms with Crippen LogP contribution in [-0.4, -0.2) is 19.2 Å². The lowest BCUT2D eigenvalue weighted by Crippen LogP contribution is -2.13. The molecule has 3 rings (SSSR count). The van der Waals surface area contributed by atoms with E-state index in [4.69, 9.17) is 0 Å². The molecule has 0 aliphatic rings. The summed E-state index contributed by atoms with van der Waals surface area (Å²) in [5.41, 5.74) is 2.30. The van der Waals surface area contributed by atoms with Crippen LogP contribution in [0.25, 0.3) is 0 Å². The Labute approximate surface area is 180 Å². The molecule has 0 unspecified atom stereocenters. The Hall–Kier alpha value is -2.31. The number of hydrogen-bond acceptors (Lipinski definition) is 4. The largest absolute Gasteiger partial charge is 0.289 e. The SMILES string of the molecule is CC(C)(C)c1ccc(S(=O)(=O)Cc2ccc(Br)cc2C(=O)c2ccncc2)cc1. The Morgan fingerprint density at radius 3 is 2.17 bits per heavy atom. The van der Waals surface area contributed by atoms with Gasteiger partial charge in [-0.2, -0.15) is 0 Å².